The molecule has 0 aliphatic heterocycles. The van der Waals surface area contributed by atoms with Gasteiger partial charge in [0, 0.05) is 0 Å². The van der Waals surface area contributed by atoms with E-state index in [2.05, 4.69) is 104 Å². The van der Waals surface area contributed by atoms with Crippen molar-refractivity contribution >= 4 is 35.1 Å². The first-order valence-electron chi connectivity index (χ1n) is 9.55. The topological polar surface area (TPSA) is 0 Å². The van der Waals surface area contributed by atoms with Crippen molar-refractivity contribution in [1.82, 2.24) is 0 Å². The zero-order chi connectivity index (χ0) is 19.4. The second-order valence-electron chi connectivity index (χ2n) is 6.90. The van der Waals surface area contributed by atoms with Crippen LogP contribution in [0.1, 0.15) is 72.2 Å². The Morgan fingerprint density at radius 1 is 0.385 bits per heavy atom. The molecule has 0 aliphatic rings. The molecule has 0 heteroatoms. The third kappa shape index (κ3) is 3.21. The second-order valence-corrected chi connectivity index (χ2v) is 6.90. The smallest absolute Gasteiger partial charge is 0.00213 e. The largest absolute Gasteiger partial charge is 0.0870 e. The highest BCUT2D eigenvalue weighted by Crippen LogP contribution is 2.40. The normalized spacial score (nSPS) is 12.8. The van der Waals surface area contributed by atoms with Gasteiger partial charge in [-0.05, 0) is 111 Å². The molecule has 136 valence electrons. The van der Waals surface area contributed by atoms with Gasteiger partial charge in [-0.25, -0.2) is 0 Å². The molecule has 2 aromatic carbocycles. The summed E-state index contributed by atoms with van der Waals surface area (Å²) >= 11 is 0. The summed E-state index contributed by atoms with van der Waals surface area (Å²) in [6, 6.07) is 0. The highest BCUT2D eigenvalue weighted by atomic mass is 14.2. The van der Waals surface area contributed by atoms with Crippen molar-refractivity contribution in [1.29, 1.82) is 0 Å². The Kier molecular flexibility index (Phi) is 6.42. The van der Waals surface area contributed by atoms with Crippen LogP contribution in [0.25, 0.3) is 35.1 Å². The lowest BCUT2D eigenvalue weighted by molar-refractivity contribution is 1.30. The number of fused-ring (bicyclic) bond motifs is 1. The summed E-state index contributed by atoms with van der Waals surface area (Å²) in [5.74, 6) is 0. The second kappa shape index (κ2) is 8.36. The molecule has 2 aromatic rings. The van der Waals surface area contributed by atoms with Crippen LogP contribution in [0.5, 0.6) is 0 Å². The fourth-order valence-corrected chi connectivity index (χ4v) is 3.89. The maximum atomic E-state index is 2.27. The molecule has 0 atom stereocenters. The van der Waals surface area contributed by atoms with Crippen molar-refractivity contribution in [2.45, 2.75) is 55.4 Å². The molecular formula is C26H32. The van der Waals surface area contributed by atoms with Crippen LogP contribution in [-0.4, -0.2) is 0 Å². The molecule has 0 saturated heterocycles. The van der Waals surface area contributed by atoms with Crippen LogP contribution in [0.3, 0.4) is 0 Å². The minimum absolute atomic E-state index is 1.34. The highest BCUT2D eigenvalue weighted by molar-refractivity contribution is 6.08. The Hall–Kier alpha value is -2.34. The number of benzene rings is 2. The Bertz CT molecular complexity index is 791. The van der Waals surface area contributed by atoms with Gasteiger partial charge in [-0.1, -0.05) is 48.6 Å². The fraction of sp³-hybridized carbons (Fsp3) is 0.308. The van der Waals surface area contributed by atoms with Gasteiger partial charge in [0.15, 0.2) is 0 Å². The minimum Gasteiger partial charge on any atom is -0.0870 e. The van der Waals surface area contributed by atoms with E-state index >= 15 is 0 Å². The van der Waals surface area contributed by atoms with Gasteiger partial charge >= 0.3 is 0 Å². The van der Waals surface area contributed by atoms with Crippen LogP contribution in [0.15, 0.2) is 24.3 Å². The standard InChI is InChI=1S/C26H32/c1-9-13-21-17(5)18(6)23(15-11-3)26-24(16-12-4)20(8)19(7)22(14-10-2)25(21)26/h9-16H,1-8H3/b13-9-,14-10-,15-11-,16-12-. The van der Waals surface area contributed by atoms with E-state index in [0.29, 0.717) is 0 Å². The van der Waals surface area contributed by atoms with Crippen LogP contribution in [0.2, 0.25) is 0 Å². The molecule has 0 bridgehead atoms. The summed E-state index contributed by atoms with van der Waals surface area (Å²) in [6.45, 7) is 17.4. The predicted molar refractivity (Wildman–Crippen MR) is 122 cm³/mol. The molecule has 0 heterocycles. The SMILES string of the molecule is C/C=C\c1c(C)c(C)c(/C=C\C)c2c(/C=C\C)c(C)c(C)c(/C=C\C)c12. The van der Waals surface area contributed by atoms with Crippen LogP contribution < -0.4 is 0 Å². The van der Waals surface area contributed by atoms with Crippen LogP contribution in [-0.2, 0) is 0 Å². The molecule has 0 unspecified atom stereocenters. The third-order valence-corrected chi connectivity index (χ3v) is 5.40. The van der Waals surface area contributed by atoms with Crippen molar-refractivity contribution in [3.05, 3.63) is 68.8 Å². The minimum atomic E-state index is 1.34. The van der Waals surface area contributed by atoms with Gasteiger partial charge in [0.25, 0.3) is 0 Å². The first-order valence-corrected chi connectivity index (χ1v) is 9.55. The molecule has 0 radical (unpaired) electrons. The molecule has 0 N–H and O–H groups in total. The van der Waals surface area contributed by atoms with Gasteiger partial charge in [-0.15, -0.1) is 0 Å². The van der Waals surface area contributed by atoms with Crippen molar-refractivity contribution in [2.75, 3.05) is 0 Å². The van der Waals surface area contributed by atoms with E-state index in [1.54, 1.807) is 0 Å². The van der Waals surface area contributed by atoms with Crippen molar-refractivity contribution < 1.29 is 0 Å². The zero-order valence-electron chi connectivity index (χ0n) is 17.6. The molecule has 0 saturated carbocycles. The van der Waals surface area contributed by atoms with Gasteiger partial charge in [-0.3, -0.25) is 0 Å². The van der Waals surface area contributed by atoms with Gasteiger partial charge in [0.2, 0.25) is 0 Å². The van der Waals surface area contributed by atoms with E-state index in [1.165, 1.54) is 55.3 Å². The van der Waals surface area contributed by atoms with Gasteiger partial charge in [0.1, 0.15) is 0 Å². The Labute approximate surface area is 159 Å². The lowest BCUT2D eigenvalue weighted by Gasteiger charge is -2.22. The van der Waals surface area contributed by atoms with Crippen molar-refractivity contribution in [2.24, 2.45) is 0 Å². The first kappa shape index (κ1) is 20.0. The molecule has 0 aliphatic carbocycles. The molecule has 0 spiro atoms. The third-order valence-electron chi connectivity index (χ3n) is 5.40. The summed E-state index contributed by atoms with van der Waals surface area (Å²) in [6.07, 6.45) is 17.7. The van der Waals surface area contributed by atoms with E-state index in [9.17, 15) is 0 Å². The van der Waals surface area contributed by atoms with Crippen LogP contribution in [0.4, 0.5) is 0 Å². The van der Waals surface area contributed by atoms with Gasteiger partial charge < -0.3 is 0 Å². The summed E-state index contributed by atoms with van der Waals surface area (Å²) in [5, 5.41) is 2.74. The summed E-state index contributed by atoms with van der Waals surface area (Å²) in [4.78, 5) is 0. The maximum absolute atomic E-state index is 2.27. The molecule has 0 nitrogen and oxygen atoms in total. The number of allylic oxidation sites excluding steroid dienone is 4. The van der Waals surface area contributed by atoms with E-state index in [0.717, 1.165) is 0 Å². The van der Waals surface area contributed by atoms with E-state index in [1.807, 2.05) is 0 Å². The fourth-order valence-electron chi connectivity index (χ4n) is 3.89. The number of hydrogen-bond donors (Lipinski definition) is 0. The average molecular weight is 345 g/mol. The van der Waals surface area contributed by atoms with Gasteiger partial charge in [-0.2, -0.15) is 0 Å². The zero-order valence-corrected chi connectivity index (χ0v) is 17.6. The van der Waals surface area contributed by atoms with Gasteiger partial charge in [0.05, 0.1) is 0 Å². The van der Waals surface area contributed by atoms with Crippen LogP contribution >= 0.6 is 0 Å². The van der Waals surface area contributed by atoms with E-state index in [4.69, 9.17) is 0 Å². The quantitative estimate of drug-likeness (QED) is 0.524. The Morgan fingerprint density at radius 2 is 0.577 bits per heavy atom. The maximum Gasteiger partial charge on any atom is -0.00213 e. The lowest BCUT2D eigenvalue weighted by Crippen LogP contribution is -2.02. The van der Waals surface area contributed by atoms with E-state index < -0.39 is 0 Å². The summed E-state index contributed by atoms with van der Waals surface area (Å²) in [5.41, 5.74) is 10.8. The summed E-state index contributed by atoms with van der Waals surface area (Å²) in [7, 11) is 0. The van der Waals surface area contributed by atoms with E-state index in [-0.39, 0.29) is 0 Å². The van der Waals surface area contributed by atoms with Crippen molar-refractivity contribution in [3.63, 3.8) is 0 Å². The average Bonchev–Trinajstić information content (AvgIpc) is 2.62. The molecule has 0 fully saturated rings. The van der Waals surface area contributed by atoms with Crippen LogP contribution in [0, 0.1) is 27.7 Å². The first-order chi connectivity index (χ1) is 12.4. The monoisotopic (exact) mass is 344 g/mol. The Morgan fingerprint density at radius 3 is 0.731 bits per heavy atom. The molecule has 0 aromatic heterocycles. The predicted octanol–water partition coefficient (Wildman–Crippen LogP) is 8.21. The number of hydrogen-bond acceptors (Lipinski definition) is 0. The Balaban J connectivity index is 3.37. The molecular weight excluding hydrogens is 312 g/mol. The highest BCUT2D eigenvalue weighted by Gasteiger charge is 2.19. The van der Waals surface area contributed by atoms with Crippen molar-refractivity contribution in [3.8, 4) is 0 Å². The molecule has 26 heavy (non-hydrogen) atoms. The lowest BCUT2D eigenvalue weighted by atomic mass is 9.81. The molecule has 0 amide bonds. The summed E-state index contributed by atoms with van der Waals surface area (Å²) < 4.78 is 0. The number of rotatable bonds is 4. The molecule has 2 rings (SSSR count).